The number of hydrogen-bond acceptors (Lipinski definition) is 3. The summed E-state index contributed by atoms with van der Waals surface area (Å²) >= 11 is 0. The van der Waals surface area contributed by atoms with E-state index in [1.807, 2.05) is 0 Å². The van der Waals surface area contributed by atoms with Crippen molar-refractivity contribution in [2.24, 2.45) is 0 Å². The number of fused-ring (bicyclic) bond motifs is 1. The third-order valence-corrected chi connectivity index (χ3v) is 4.80. The Morgan fingerprint density at radius 1 is 0.967 bits per heavy atom. The van der Waals surface area contributed by atoms with Crippen LogP contribution in [0.4, 0.5) is 26.3 Å². The van der Waals surface area contributed by atoms with Gasteiger partial charge in [-0.15, -0.1) is 0 Å². The van der Waals surface area contributed by atoms with Gasteiger partial charge in [-0.1, -0.05) is 0 Å². The molecule has 1 aliphatic rings. The number of carbonyl (C=O) groups is 1. The van der Waals surface area contributed by atoms with Gasteiger partial charge in [0, 0.05) is 31.3 Å². The molecular formula is C19H16F6N2O3. The quantitative estimate of drug-likeness (QED) is 0.688. The Bertz CT molecular complexity index is 1010. The molecule has 11 heteroatoms. The molecule has 0 spiro atoms. The van der Waals surface area contributed by atoms with Crippen LogP contribution in [-0.2, 0) is 25.4 Å². The van der Waals surface area contributed by atoms with Crippen LogP contribution in [0.15, 0.2) is 35.1 Å². The van der Waals surface area contributed by atoms with E-state index in [0.717, 1.165) is 4.90 Å². The van der Waals surface area contributed by atoms with E-state index < -0.39 is 47.5 Å². The lowest BCUT2D eigenvalue weighted by Crippen LogP contribution is -2.49. The van der Waals surface area contributed by atoms with Gasteiger partial charge in [0.15, 0.2) is 0 Å². The molecule has 1 amide bonds. The molecular weight excluding hydrogens is 418 g/mol. The average molecular weight is 434 g/mol. The lowest BCUT2D eigenvalue weighted by molar-refractivity contribution is -0.143. The summed E-state index contributed by atoms with van der Waals surface area (Å²) < 4.78 is 84.7. The standard InChI is InChI=1S/C19H16F6N2O3/c1-10-8-27-15(6-14(30-2)7-16(27)28)17(29)26(10)9-11-3-12(18(20,21)22)5-13(4-11)19(23,24)25/h3-7,10H,8-9H2,1-2H3. The van der Waals surface area contributed by atoms with Crippen LogP contribution < -0.4 is 10.3 Å². The molecule has 1 atom stereocenters. The zero-order chi connectivity index (χ0) is 22.4. The average Bonchev–Trinajstić information content (AvgIpc) is 2.64. The minimum absolute atomic E-state index is 0.0324. The van der Waals surface area contributed by atoms with Crippen molar-refractivity contribution in [1.29, 1.82) is 0 Å². The zero-order valence-electron chi connectivity index (χ0n) is 15.8. The first-order valence-corrected chi connectivity index (χ1v) is 8.69. The maximum atomic E-state index is 13.1. The summed E-state index contributed by atoms with van der Waals surface area (Å²) in [6.07, 6.45) is -9.97. The van der Waals surface area contributed by atoms with Crippen LogP contribution in [0.5, 0.6) is 5.75 Å². The van der Waals surface area contributed by atoms with Crippen molar-refractivity contribution in [3.05, 3.63) is 63.1 Å². The molecule has 0 bridgehead atoms. The summed E-state index contributed by atoms with van der Waals surface area (Å²) in [6.45, 7) is 1.10. The fourth-order valence-corrected chi connectivity index (χ4v) is 3.30. The molecule has 2 aromatic rings. The van der Waals surface area contributed by atoms with E-state index in [9.17, 15) is 35.9 Å². The third kappa shape index (κ3) is 4.14. The molecule has 162 valence electrons. The monoisotopic (exact) mass is 434 g/mol. The van der Waals surface area contributed by atoms with E-state index in [-0.39, 0.29) is 29.6 Å². The van der Waals surface area contributed by atoms with Crippen LogP contribution in [0.1, 0.15) is 34.1 Å². The first kappa shape index (κ1) is 21.7. The molecule has 1 aliphatic heterocycles. The molecule has 0 radical (unpaired) electrons. The summed E-state index contributed by atoms with van der Waals surface area (Å²) in [5, 5.41) is 0. The van der Waals surface area contributed by atoms with Crippen LogP contribution in [0.3, 0.4) is 0 Å². The summed E-state index contributed by atoms with van der Waals surface area (Å²) in [5.41, 5.74) is -3.79. The van der Waals surface area contributed by atoms with Gasteiger partial charge in [-0.3, -0.25) is 9.59 Å². The van der Waals surface area contributed by atoms with Crippen molar-refractivity contribution in [2.75, 3.05) is 7.11 Å². The van der Waals surface area contributed by atoms with Gasteiger partial charge < -0.3 is 14.2 Å². The molecule has 0 fully saturated rings. The van der Waals surface area contributed by atoms with Gasteiger partial charge >= 0.3 is 12.4 Å². The number of aromatic nitrogens is 1. The molecule has 1 aromatic heterocycles. The number of hydrogen-bond donors (Lipinski definition) is 0. The zero-order valence-corrected chi connectivity index (χ0v) is 15.8. The highest BCUT2D eigenvalue weighted by Gasteiger charge is 2.38. The van der Waals surface area contributed by atoms with Crippen molar-refractivity contribution in [1.82, 2.24) is 9.47 Å². The number of alkyl halides is 6. The van der Waals surface area contributed by atoms with Gasteiger partial charge in [0.25, 0.3) is 11.5 Å². The summed E-state index contributed by atoms with van der Waals surface area (Å²) in [7, 11) is 1.29. The Kier molecular flexibility index (Phi) is 5.33. The number of nitrogens with zero attached hydrogens (tertiary/aromatic N) is 2. The summed E-state index contributed by atoms with van der Waals surface area (Å²) in [5.74, 6) is -0.580. The molecule has 5 nitrogen and oxygen atoms in total. The normalized spacial score (nSPS) is 17.1. The Morgan fingerprint density at radius 2 is 1.53 bits per heavy atom. The van der Waals surface area contributed by atoms with Crippen LogP contribution in [-0.4, -0.2) is 28.5 Å². The van der Waals surface area contributed by atoms with Gasteiger partial charge in [0.1, 0.15) is 11.4 Å². The van der Waals surface area contributed by atoms with Crippen molar-refractivity contribution < 1.29 is 35.9 Å². The lowest BCUT2D eigenvalue weighted by atomic mass is 10.0. The predicted molar refractivity (Wildman–Crippen MR) is 93.0 cm³/mol. The summed E-state index contributed by atoms with van der Waals surface area (Å²) in [4.78, 5) is 26.2. The molecule has 3 rings (SSSR count). The second-order valence-electron chi connectivity index (χ2n) is 6.93. The first-order valence-electron chi connectivity index (χ1n) is 8.69. The maximum absolute atomic E-state index is 13.1. The number of halogens is 6. The molecule has 0 saturated carbocycles. The molecule has 0 saturated heterocycles. The van der Waals surface area contributed by atoms with Gasteiger partial charge in [-0.25, -0.2) is 0 Å². The Hall–Kier alpha value is -2.98. The maximum Gasteiger partial charge on any atom is 0.416 e. The molecule has 1 aromatic carbocycles. The van der Waals surface area contributed by atoms with E-state index in [2.05, 4.69) is 0 Å². The second-order valence-corrected chi connectivity index (χ2v) is 6.93. The number of methoxy groups -OCH3 is 1. The lowest BCUT2D eigenvalue weighted by Gasteiger charge is -2.35. The smallest absolute Gasteiger partial charge is 0.416 e. The number of rotatable bonds is 3. The van der Waals surface area contributed by atoms with Crippen LogP contribution in [0.25, 0.3) is 0 Å². The number of amides is 1. The largest absolute Gasteiger partial charge is 0.496 e. The Balaban J connectivity index is 2.03. The van der Waals surface area contributed by atoms with Crippen LogP contribution in [0, 0.1) is 0 Å². The minimum Gasteiger partial charge on any atom is -0.496 e. The second kappa shape index (κ2) is 7.37. The Morgan fingerprint density at radius 3 is 2.03 bits per heavy atom. The van der Waals surface area contributed by atoms with Gasteiger partial charge in [0.05, 0.1) is 18.2 Å². The predicted octanol–water partition coefficient (Wildman–Crippen LogP) is 3.94. The van der Waals surface area contributed by atoms with Crippen LogP contribution >= 0.6 is 0 Å². The molecule has 0 N–H and O–H groups in total. The SMILES string of the molecule is COc1cc2n(c(=O)c1)CC(C)N(Cc1cc(C(F)(F)F)cc(C(F)(F)F)c1)C2=O. The van der Waals surface area contributed by atoms with E-state index >= 15 is 0 Å². The Labute approximate surface area is 166 Å². The van der Waals surface area contributed by atoms with E-state index in [0.29, 0.717) is 12.1 Å². The van der Waals surface area contributed by atoms with Gasteiger partial charge in [0.2, 0.25) is 0 Å². The van der Waals surface area contributed by atoms with Crippen LogP contribution in [0.2, 0.25) is 0 Å². The van der Waals surface area contributed by atoms with E-state index in [1.165, 1.54) is 23.8 Å². The number of benzene rings is 1. The van der Waals surface area contributed by atoms with Gasteiger partial charge in [-0.05, 0) is 30.7 Å². The van der Waals surface area contributed by atoms with Crippen molar-refractivity contribution in [3.63, 3.8) is 0 Å². The molecule has 2 heterocycles. The number of ether oxygens (including phenoxy) is 1. The molecule has 1 unspecified atom stereocenters. The highest BCUT2D eigenvalue weighted by Crippen LogP contribution is 2.37. The van der Waals surface area contributed by atoms with Gasteiger partial charge in [-0.2, -0.15) is 26.3 Å². The van der Waals surface area contributed by atoms with Crippen molar-refractivity contribution in [2.45, 2.75) is 38.4 Å². The summed E-state index contributed by atoms with van der Waals surface area (Å²) in [6, 6.07) is 3.05. The molecule has 30 heavy (non-hydrogen) atoms. The van der Waals surface area contributed by atoms with E-state index in [4.69, 9.17) is 4.74 Å². The minimum atomic E-state index is -4.99. The molecule has 0 aliphatic carbocycles. The van der Waals surface area contributed by atoms with E-state index in [1.54, 1.807) is 6.92 Å². The fourth-order valence-electron chi connectivity index (χ4n) is 3.30. The highest BCUT2D eigenvalue weighted by atomic mass is 19.4. The fraction of sp³-hybridized carbons (Fsp3) is 0.368. The topological polar surface area (TPSA) is 51.5 Å². The number of carbonyl (C=O) groups excluding carboxylic acids is 1. The van der Waals surface area contributed by atoms with Crippen molar-refractivity contribution >= 4 is 5.91 Å². The number of pyridine rings is 1. The van der Waals surface area contributed by atoms with Crippen molar-refractivity contribution in [3.8, 4) is 5.75 Å². The third-order valence-electron chi connectivity index (χ3n) is 4.80. The highest BCUT2D eigenvalue weighted by molar-refractivity contribution is 5.93. The first-order chi connectivity index (χ1) is 13.8.